The number of hydrogen-bond donors (Lipinski definition) is 0. The fourth-order valence-corrected chi connectivity index (χ4v) is 47.8. The average Bonchev–Trinajstić information content (AvgIpc) is 2.96. The van der Waals surface area contributed by atoms with E-state index in [2.05, 4.69) is 91.8 Å². The zero-order valence-electron chi connectivity index (χ0n) is 28.0. The van der Waals surface area contributed by atoms with Gasteiger partial charge in [0.05, 0.1) is 0 Å². The van der Waals surface area contributed by atoms with Gasteiger partial charge in [0.15, 0.2) is 0 Å². The molecule has 0 atom stereocenters. The van der Waals surface area contributed by atoms with Crippen LogP contribution in [0, 0.1) is 13.8 Å². The van der Waals surface area contributed by atoms with Crippen molar-refractivity contribution >= 4 is 38.4 Å². The Labute approximate surface area is 264 Å². The van der Waals surface area contributed by atoms with Crippen molar-refractivity contribution in [3.63, 3.8) is 0 Å². The molecule has 2 aromatic rings. The maximum atomic E-state index is 7.96. The molecule has 0 aromatic heterocycles. The van der Waals surface area contributed by atoms with Gasteiger partial charge in [-0.25, -0.2) is 0 Å². The zero-order valence-corrected chi connectivity index (χ0v) is 33.7. The summed E-state index contributed by atoms with van der Waals surface area (Å²) in [6.45, 7) is 18.3. The van der Waals surface area contributed by atoms with Crippen LogP contribution in [-0.2, 0) is 14.3 Å². The molecule has 0 heterocycles. The number of hydrogen-bond acceptors (Lipinski definition) is 3. The van der Waals surface area contributed by atoms with E-state index in [1.165, 1.54) is 73.6 Å². The van der Waals surface area contributed by atoms with E-state index in [0.29, 0.717) is 0 Å². The summed E-state index contributed by atoms with van der Waals surface area (Å²) in [6, 6.07) is 13.3. The van der Waals surface area contributed by atoms with E-state index < -0.39 is 38.4 Å². The van der Waals surface area contributed by atoms with Gasteiger partial charge >= 0.3 is 266 Å². The van der Waals surface area contributed by atoms with E-state index in [-0.39, 0.29) is 0 Å². The van der Waals surface area contributed by atoms with Crippen molar-refractivity contribution in [1.82, 2.24) is 0 Å². The topological polar surface area (TPSA) is 27.7 Å². The molecule has 0 aliphatic carbocycles. The SMILES string of the molecule is CCC[CH2][Sn]([CH2]CCC)([O]c1cccc(C)c1CCC)[O][Sn]([CH2]CCC)([CH2]CCC)[O]c1cccc(C)c1CCC. The number of unbranched alkanes of at least 4 members (excludes halogenated alkanes) is 4. The Bertz CT molecular complexity index is 911. The first-order valence-corrected chi connectivity index (χ1v) is 29.8. The molecule has 232 valence electrons. The Morgan fingerprint density at radius 2 is 0.829 bits per heavy atom. The molecule has 0 aliphatic heterocycles. The number of rotatable bonds is 22. The third-order valence-electron chi connectivity index (χ3n) is 8.34. The van der Waals surface area contributed by atoms with Gasteiger partial charge in [0, 0.05) is 0 Å². The standard InChI is InChI=1S/2C10H14O.4C4H9.O.2Sn/c2*1-3-5-9-8(2)6-4-7-10(9)11;4*1-3-4-2;;;/h2*4,6-7,11H,3,5H2,1-2H3;4*1,3-4H2,2H3;;;/q;;;;;;;2*+1/p-2. The second-order valence-electron chi connectivity index (χ2n) is 12.1. The summed E-state index contributed by atoms with van der Waals surface area (Å²) in [5.41, 5.74) is 5.48. The molecule has 0 unspecified atom stereocenters. The molecule has 3 nitrogen and oxygen atoms in total. The van der Waals surface area contributed by atoms with Crippen LogP contribution in [0.3, 0.4) is 0 Å². The van der Waals surface area contributed by atoms with Crippen LogP contribution in [0.4, 0.5) is 0 Å². The van der Waals surface area contributed by atoms with Crippen molar-refractivity contribution in [3.8, 4) is 11.5 Å². The summed E-state index contributed by atoms with van der Waals surface area (Å²) in [5.74, 6) is 2.23. The van der Waals surface area contributed by atoms with Crippen LogP contribution in [0.15, 0.2) is 36.4 Å². The van der Waals surface area contributed by atoms with Crippen molar-refractivity contribution in [2.75, 3.05) is 0 Å². The zero-order chi connectivity index (χ0) is 30.1. The molecule has 0 fully saturated rings. The summed E-state index contributed by atoms with van der Waals surface area (Å²) in [4.78, 5) is 0. The maximum absolute atomic E-state index is 7.96. The Morgan fingerprint density at radius 3 is 1.12 bits per heavy atom. The van der Waals surface area contributed by atoms with Crippen molar-refractivity contribution < 1.29 is 7.56 Å². The summed E-state index contributed by atoms with van der Waals surface area (Å²) in [6.07, 6.45) is 13.8. The first-order chi connectivity index (χ1) is 19.8. The van der Waals surface area contributed by atoms with E-state index in [9.17, 15) is 0 Å². The molecular weight excluding hydrogens is 718 g/mol. The van der Waals surface area contributed by atoms with E-state index in [1.807, 2.05) is 0 Å². The minimum atomic E-state index is -3.65. The van der Waals surface area contributed by atoms with Crippen LogP contribution in [-0.4, -0.2) is 38.4 Å². The fourth-order valence-electron chi connectivity index (χ4n) is 5.91. The Hall–Kier alpha value is -0.403. The van der Waals surface area contributed by atoms with E-state index >= 15 is 0 Å². The van der Waals surface area contributed by atoms with Gasteiger partial charge in [-0.05, 0) is 0 Å². The predicted octanol–water partition coefficient (Wildman–Crippen LogP) is 11.8. The van der Waals surface area contributed by atoms with E-state index in [1.54, 1.807) is 0 Å². The van der Waals surface area contributed by atoms with Crippen molar-refractivity contribution in [2.24, 2.45) is 0 Å². The van der Waals surface area contributed by atoms with Gasteiger partial charge in [0.1, 0.15) is 0 Å². The van der Waals surface area contributed by atoms with Crippen LogP contribution in [0.1, 0.15) is 128 Å². The van der Waals surface area contributed by atoms with Gasteiger partial charge in [-0.3, -0.25) is 0 Å². The van der Waals surface area contributed by atoms with Crippen LogP contribution in [0.2, 0.25) is 17.7 Å². The monoisotopic (exact) mass is 782 g/mol. The molecule has 0 spiro atoms. The Morgan fingerprint density at radius 1 is 0.488 bits per heavy atom. The molecule has 2 aromatic carbocycles. The van der Waals surface area contributed by atoms with Crippen molar-refractivity contribution in [2.45, 2.75) is 150 Å². The predicted molar refractivity (Wildman–Crippen MR) is 183 cm³/mol. The molecule has 0 amide bonds. The third-order valence-corrected chi connectivity index (χ3v) is 40.8. The van der Waals surface area contributed by atoms with Crippen molar-refractivity contribution in [1.29, 1.82) is 0 Å². The molecule has 0 radical (unpaired) electrons. The molecule has 0 saturated heterocycles. The molecule has 0 aliphatic rings. The number of benzene rings is 2. The van der Waals surface area contributed by atoms with Crippen LogP contribution >= 0.6 is 0 Å². The Balaban J connectivity index is 2.71. The first kappa shape index (κ1) is 36.8. The fraction of sp³-hybridized carbons (Fsp3) is 0.667. The van der Waals surface area contributed by atoms with E-state index in [4.69, 9.17) is 7.56 Å². The normalized spacial score (nSPS) is 12.1. The second-order valence-corrected chi connectivity index (χ2v) is 33.9. The minimum absolute atomic E-state index is 1.06. The quantitative estimate of drug-likeness (QED) is 0.111. The summed E-state index contributed by atoms with van der Waals surface area (Å²) in [7, 11) is 0. The third kappa shape index (κ3) is 11.6. The number of aryl methyl sites for hydroxylation is 2. The van der Waals surface area contributed by atoms with Gasteiger partial charge < -0.3 is 0 Å². The average molecular weight is 780 g/mol. The molecule has 5 heteroatoms. The molecule has 0 N–H and O–H groups in total. The van der Waals surface area contributed by atoms with Gasteiger partial charge in [0.25, 0.3) is 0 Å². The molecule has 0 bridgehead atoms. The molecule has 0 saturated carbocycles. The molecule has 2 rings (SSSR count). The molecule has 41 heavy (non-hydrogen) atoms. The van der Waals surface area contributed by atoms with Crippen molar-refractivity contribution in [3.05, 3.63) is 58.7 Å². The molecular formula is C36H62O3Sn2. The van der Waals surface area contributed by atoms with Crippen LogP contribution in [0.25, 0.3) is 0 Å². The van der Waals surface area contributed by atoms with Gasteiger partial charge in [0.2, 0.25) is 0 Å². The van der Waals surface area contributed by atoms with Gasteiger partial charge in [-0.1, -0.05) is 0 Å². The first-order valence-electron chi connectivity index (χ1n) is 17.1. The van der Waals surface area contributed by atoms with Gasteiger partial charge in [-0.2, -0.15) is 0 Å². The summed E-state index contributed by atoms with van der Waals surface area (Å²) >= 11 is -7.30. The van der Waals surface area contributed by atoms with Gasteiger partial charge in [-0.15, -0.1) is 0 Å². The van der Waals surface area contributed by atoms with Crippen LogP contribution in [0.5, 0.6) is 11.5 Å². The Kier molecular flexibility index (Phi) is 17.8. The summed E-state index contributed by atoms with van der Waals surface area (Å²) < 4.78 is 27.4. The van der Waals surface area contributed by atoms with E-state index in [0.717, 1.165) is 54.9 Å². The van der Waals surface area contributed by atoms with Crippen LogP contribution < -0.4 is 6.15 Å². The second kappa shape index (κ2) is 19.8. The summed E-state index contributed by atoms with van der Waals surface area (Å²) in [5, 5.41) is 0.